The predicted molar refractivity (Wildman–Crippen MR) is 62.8 cm³/mol. The van der Waals surface area contributed by atoms with E-state index < -0.39 is 5.97 Å². The fraction of sp³-hybridized carbons (Fsp3) is 0.300. The van der Waals surface area contributed by atoms with Crippen LogP contribution in [0.2, 0.25) is 0 Å². The van der Waals surface area contributed by atoms with Gasteiger partial charge in [-0.1, -0.05) is 0 Å². The molecule has 0 unspecified atom stereocenters. The van der Waals surface area contributed by atoms with Crippen LogP contribution in [-0.4, -0.2) is 34.0 Å². The Morgan fingerprint density at radius 2 is 2.31 bits per heavy atom. The van der Waals surface area contributed by atoms with E-state index in [0.717, 1.165) is 0 Å². The number of carboxylic acid groups (broad SMARTS) is 1. The van der Waals surface area contributed by atoms with E-state index in [1.54, 1.807) is 11.8 Å². The lowest BCUT2D eigenvalue weighted by Gasteiger charge is -2.06. The molecular formula is C10H12N2O3S. The van der Waals surface area contributed by atoms with Gasteiger partial charge in [0.25, 0.3) is 0 Å². The number of carbonyl (C=O) groups is 2. The molecule has 0 saturated carbocycles. The van der Waals surface area contributed by atoms with Crippen molar-refractivity contribution in [2.75, 3.05) is 17.3 Å². The van der Waals surface area contributed by atoms with Crippen LogP contribution in [0.3, 0.4) is 0 Å². The molecule has 0 aliphatic heterocycles. The molecule has 86 valence electrons. The molecule has 6 heteroatoms. The molecule has 1 aromatic heterocycles. The van der Waals surface area contributed by atoms with Gasteiger partial charge in [0.2, 0.25) is 5.91 Å². The third kappa shape index (κ3) is 3.54. The van der Waals surface area contributed by atoms with E-state index in [1.165, 1.54) is 18.5 Å². The summed E-state index contributed by atoms with van der Waals surface area (Å²) in [6, 6.07) is 1.35. The summed E-state index contributed by atoms with van der Waals surface area (Å²) in [5, 5.41) is 11.4. The van der Waals surface area contributed by atoms with Crippen molar-refractivity contribution in [1.29, 1.82) is 0 Å². The Morgan fingerprint density at radius 3 is 2.94 bits per heavy atom. The maximum Gasteiger partial charge on any atom is 0.337 e. The lowest BCUT2D eigenvalue weighted by molar-refractivity contribution is -0.115. The fourth-order valence-electron chi connectivity index (χ4n) is 1.09. The van der Waals surface area contributed by atoms with E-state index in [9.17, 15) is 9.59 Å². The zero-order valence-electron chi connectivity index (χ0n) is 8.77. The summed E-state index contributed by atoms with van der Waals surface area (Å²) in [6.07, 6.45) is 4.97. The predicted octanol–water partition coefficient (Wildman–Crippen LogP) is 1.47. The number of hydrogen-bond donors (Lipinski definition) is 2. The summed E-state index contributed by atoms with van der Waals surface area (Å²) >= 11 is 1.56. The molecule has 0 aliphatic rings. The zero-order valence-corrected chi connectivity index (χ0v) is 9.58. The molecule has 5 nitrogen and oxygen atoms in total. The van der Waals surface area contributed by atoms with Gasteiger partial charge in [-0.15, -0.1) is 0 Å². The molecule has 1 aromatic rings. The van der Waals surface area contributed by atoms with Crippen LogP contribution >= 0.6 is 11.8 Å². The van der Waals surface area contributed by atoms with E-state index in [0.29, 0.717) is 12.2 Å². The molecular weight excluding hydrogens is 228 g/mol. The zero-order chi connectivity index (χ0) is 12.0. The molecule has 0 bridgehead atoms. The van der Waals surface area contributed by atoms with E-state index in [-0.39, 0.29) is 17.2 Å². The lowest BCUT2D eigenvalue weighted by atomic mass is 10.2. The highest BCUT2D eigenvalue weighted by molar-refractivity contribution is 7.98. The van der Waals surface area contributed by atoms with Crippen molar-refractivity contribution in [1.82, 2.24) is 4.98 Å². The first kappa shape index (κ1) is 12.5. The van der Waals surface area contributed by atoms with E-state index in [4.69, 9.17) is 5.11 Å². The smallest absolute Gasteiger partial charge is 0.337 e. The van der Waals surface area contributed by atoms with E-state index >= 15 is 0 Å². The topological polar surface area (TPSA) is 79.3 Å². The highest BCUT2D eigenvalue weighted by Crippen LogP contribution is 2.13. The van der Waals surface area contributed by atoms with Gasteiger partial charge in [0.15, 0.2) is 0 Å². The molecule has 2 N–H and O–H groups in total. The minimum absolute atomic E-state index is 0.0486. The minimum atomic E-state index is -1.08. The van der Waals surface area contributed by atoms with Gasteiger partial charge >= 0.3 is 5.97 Å². The second-order valence-electron chi connectivity index (χ2n) is 3.02. The molecule has 0 atom stereocenters. The van der Waals surface area contributed by atoms with E-state index in [1.807, 2.05) is 6.26 Å². The Bertz CT molecular complexity index is 395. The van der Waals surface area contributed by atoms with Crippen LogP contribution in [-0.2, 0) is 4.79 Å². The summed E-state index contributed by atoms with van der Waals surface area (Å²) in [4.78, 5) is 26.0. The SMILES string of the molecule is CSCCC(=O)Nc1cnccc1C(=O)O. The highest BCUT2D eigenvalue weighted by Gasteiger charge is 2.11. The number of carboxylic acids is 1. The molecule has 0 aliphatic carbocycles. The maximum atomic E-state index is 11.4. The Morgan fingerprint density at radius 1 is 1.56 bits per heavy atom. The Balaban J connectivity index is 2.73. The van der Waals surface area contributed by atoms with Gasteiger partial charge in [0, 0.05) is 18.4 Å². The highest BCUT2D eigenvalue weighted by atomic mass is 32.2. The minimum Gasteiger partial charge on any atom is -0.478 e. The summed E-state index contributed by atoms with van der Waals surface area (Å²) in [5.74, 6) is -0.582. The van der Waals surface area contributed by atoms with Gasteiger partial charge < -0.3 is 10.4 Å². The number of aromatic carboxylic acids is 1. The van der Waals surface area contributed by atoms with Crippen molar-refractivity contribution in [3.63, 3.8) is 0 Å². The number of rotatable bonds is 5. The van der Waals surface area contributed by atoms with Crippen molar-refractivity contribution in [3.05, 3.63) is 24.0 Å². The Labute approximate surface area is 97.3 Å². The number of amides is 1. The molecule has 0 spiro atoms. The number of anilines is 1. The first-order valence-electron chi connectivity index (χ1n) is 4.61. The molecule has 1 amide bonds. The number of hydrogen-bond acceptors (Lipinski definition) is 4. The number of thioether (sulfide) groups is 1. The molecule has 0 saturated heterocycles. The molecule has 0 fully saturated rings. The quantitative estimate of drug-likeness (QED) is 0.814. The number of pyridine rings is 1. The average molecular weight is 240 g/mol. The standard InChI is InChI=1S/C10H12N2O3S/c1-16-5-3-9(13)12-8-6-11-4-2-7(8)10(14)15/h2,4,6H,3,5H2,1H3,(H,12,13)(H,14,15). The van der Waals surface area contributed by atoms with Crippen LogP contribution in [0.4, 0.5) is 5.69 Å². The normalized spacial score (nSPS) is 9.81. The third-order valence-corrected chi connectivity index (χ3v) is 2.47. The second kappa shape index (κ2) is 6.12. The van der Waals surface area contributed by atoms with Gasteiger partial charge in [-0.05, 0) is 12.3 Å². The number of nitrogens with one attached hydrogen (secondary N) is 1. The molecule has 1 rings (SSSR count). The first-order chi connectivity index (χ1) is 7.65. The van der Waals surface area contributed by atoms with Gasteiger partial charge in [-0.2, -0.15) is 11.8 Å². The Kier molecular flexibility index (Phi) is 4.78. The van der Waals surface area contributed by atoms with Crippen LogP contribution in [0.15, 0.2) is 18.5 Å². The maximum absolute atomic E-state index is 11.4. The largest absolute Gasteiger partial charge is 0.478 e. The fourth-order valence-corrected chi connectivity index (χ4v) is 1.48. The summed E-state index contributed by atoms with van der Waals surface area (Å²) in [7, 11) is 0. The van der Waals surface area contributed by atoms with Crippen LogP contribution in [0.25, 0.3) is 0 Å². The molecule has 0 radical (unpaired) electrons. The van der Waals surface area contributed by atoms with E-state index in [2.05, 4.69) is 10.3 Å². The van der Waals surface area contributed by atoms with Crippen molar-refractivity contribution in [2.24, 2.45) is 0 Å². The Hall–Kier alpha value is -1.56. The van der Waals surface area contributed by atoms with Gasteiger partial charge in [0.1, 0.15) is 0 Å². The van der Waals surface area contributed by atoms with Crippen LogP contribution in [0, 0.1) is 0 Å². The van der Waals surface area contributed by atoms with Crippen molar-refractivity contribution in [3.8, 4) is 0 Å². The monoisotopic (exact) mass is 240 g/mol. The third-order valence-electron chi connectivity index (χ3n) is 1.86. The second-order valence-corrected chi connectivity index (χ2v) is 4.00. The number of aromatic nitrogens is 1. The molecule has 16 heavy (non-hydrogen) atoms. The lowest BCUT2D eigenvalue weighted by Crippen LogP contribution is -2.15. The molecule has 0 aromatic carbocycles. The van der Waals surface area contributed by atoms with Gasteiger partial charge in [0.05, 0.1) is 17.4 Å². The van der Waals surface area contributed by atoms with Crippen LogP contribution < -0.4 is 5.32 Å². The summed E-state index contributed by atoms with van der Waals surface area (Å²) in [6.45, 7) is 0. The van der Waals surface area contributed by atoms with Gasteiger partial charge in [-0.3, -0.25) is 9.78 Å². The average Bonchev–Trinajstić information content (AvgIpc) is 2.27. The molecule has 1 heterocycles. The summed E-state index contributed by atoms with van der Waals surface area (Å²) in [5.41, 5.74) is 0.286. The van der Waals surface area contributed by atoms with Crippen LogP contribution in [0.1, 0.15) is 16.8 Å². The summed E-state index contributed by atoms with van der Waals surface area (Å²) < 4.78 is 0. The van der Waals surface area contributed by atoms with Crippen molar-refractivity contribution >= 4 is 29.3 Å². The van der Waals surface area contributed by atoms with Crippen molar-refractivity contribution < 1.29 is 14.7 Å². The van der Waals surface area contributed by atoms with Crippen LogP contribution in [0.5, 0.6) is 0 Å². The first-order valence-corrected chi connectivity index (χ1v) is 6.00. The number of carbonyl (C=O) groups excluding carboxylic acids is 1. The number of nitrogens with zero attached hydrogens (tertiary/aromatic N) is 1. The van der Waals surface area contributed by atoms with Crippen molar-refractivity contribution in [2.45, 2.75) is 6.42 Å². The van der Waals surface area contributed by atoms with Gasteiger partial charge in [-0.25, -0.2) is 4.79 Å².